The first-order valence-corrected chi connectivity index (χ1v) is 12.0. The Kier molecular flexibility index (Phi) is 6.16. The van der Waals surface area contributed by atoms with Crippen molar-refractivity contribution in [2.75, 3.05) is 18.0 Å². The molecule has 2 aromatic heterocycles. The summed E-state index contributed by atoms with van der Waals surface area (Å²) in [5, 5.41) is 9.14. The second-order valence-corrected chi connectivity index (χ2v) is 8.92. The molecule has 0 amide bonds. The average Bonchev–Trinajstić information content (AvgIpc) is 3.29. The van der Waals surface area contributed by atoms with Crippen LogP contribution in [0.25, 0.3) is 33.5 Å². The Balaban J connectivity index is 1.65. The molecule has 3 heterocycles. The number of imidazole rings is 1. The number of nitriles is 1. The van der Waals surface area contributed by atoms with Crippen molar-refractivity contribution < 1.29 is 8.78 Å². The summed E-state index contributed by atoms with van der Waals surface area (Å²) in [5.41, 5.74) is 2.66. The van der Waals surface area contributed by atoms with Crippen molar-refractivity contribution >= 4 is 16.9 Å². The number of nitrogens with zero attached hydrogens (tertiary/aromatic N) is 6. The van der Waals surface area contributed by atoms with Crippen molar-refractivity contribution in [1.29, 1.82) is 5.26 Å². The SMILES string of the molecule is CCC1CCN(c2cnc(-c3cc4ncn(CC)c4cc3F)c(-c3ccc(C#N)c(F)c3)n2)CC1. The zero-order valence-electron chi connectivity index (χ0n) is 19.8. The van der Waals surface area contributed by atoms with Gasteiger partial charge in [0.2, 0.25) is 0 Å². The van der Waals surface area contributed by atoms with Crippen LogP contribution in [0.5, 0.6) is 0 Å². The minimum absolute atomic E-state index is 0.0567. The molecule has 1 aliphatic heterocycles. The number of hydrogen-bond donors (Lipinski definition) is 0. The largest absolute Gasteiger partial charge is 0.355 e. The molecule has 0 spiro atoms. The predicted octanol–water partition coefficient (Wildman–Crippen LogP) is 5.96. The first-order chi connectivity index (χ1) is 17.0. The second kappa shape index (κ2) is 9.41. The topological polar surface area (TPSA) is 70.6 Å². The summed E-state index contributed by atoms with van der Waals surface area (Å²) in [5.74, 6) is 0.285. The van der Waals surface area contributed by atoms with Crippen LogP contribution in [0.15, 0.2) is 42.9 Å². The van der Waals surface area contributed by atoms with Crippen LogP contribution in [-0.4, -0.2) is 32.6 Å². The van der Waals surface area contributed by atoms with Crippen molar-refractivity contribution in [2.45, 2.75) is 39.7 Å². The molecule has 0 aliphatic carbocycles. The van der Waals surface area contributed by atoms with E-state index in [0.29, 0.717) is 46.3 Å². The molecule has 2 aromatic carbocycles. The lowest BCUT2D eigenvalue weighted by Gasteiger charge is -2.32. The molecule has 6 nitrogen and oxygen atoms in total. The Hall–Kier alpha value is -3.86. The maximum atomic E-state index is 15.4. The number of aryl methyl sites for hydroxylation is 1. The van der Waals surface area contributed by atoms with Crippen LogP contribution in [0.4, 0.5) is 14.6 Å². The van der Waals surface area contributed by atoms with E-state index in [1.54, 1.807) is 24.7 Å². The van der Waals surface area contributed by atoms with Gasteiger partial charge in [-0.25, -0.2) is 23.7 Å². The van der Waals surface area contributed by atoms with E-state index in [2.05, 4.69) is 21.8 Å². The van der Waals surface area contributed by atoms with Crippen LogP contribution < -0.4 is 4.90 Å². The third-order valence-corrected chi connectivity index (χ3v) is 6.94. The number of benzene rings is 2. The van der Waals surface area contributed by atoms with Gasteiger partial charge >= 0.3 is 0 Å². The van der Waals surface area contributed by atoms with Gasteiger partial charge in [-0.1, -0.05) is 19.4 Å². The lowest BCUT2D eigenvalue weighted by atomic mass is 9.94. The number of hydrogen-bond acceptors (Lipinski definition) is 5. The van der Waals surface area contributed by atoms with Gasteiger partial charge < -0.3 is 9.47 Å². The lowest BCUT2D eigenvalue weighted by molar-refractivity contribution is 0.393. The summed E-state index contributed by atoms with van der Waals surface area (Å²) >= 11 is 0. The summed E-state index contributed by atoms with van der Waals surface area (Å²) in [6.45, 7) is 6.58. The number of rotatable bonds is 5. The van der Waals surface area contributed by atoms with Gasteiger partial charge in [0.05, 0.1) is 40.5 Å². The number of piperidine rings is 1. The van der Waals surface area contributed by atoms with Gasteiger partial charge in [0, 0.05) is 36.8 Å². The molecule has 0 N–H and O–H groups in total. The Morgan fingerprint density at radius 2 is 1.83 bits per heavy atom. The fraction of sp³-hybridized carbons (Fsp3) is 0.333. The van der Waals surface area contributed by atoms with Crippen molar-refractivity contribution in [3.05, 3.63) is 60.1 Å². The zero-order valence-corrected chi connectivity index (χ0v) is 19.8. The highest BCUT2D eigenvalue weighted by Crippen LogP contribution is 2.35. The van der Waals surface area contributed by atoms with E-state index < -0.39 is 11.6 Å². The fourth-order valence-corrected chi connectivity index (χ4v) is 4.77. The van der Waals surface area contributed by atoms with E-state index in [-0.39, 0.29) is 11.1 Å². The molecule has 0 radical (unpaired) electrons. The van der Waals surface area contributed by atoms with Crippen molar-refractivity contribution in [3.8, 4) is 28.6 Å². The molecule has 8 heteroatoms. The third kappa shape index (κ3) is 4.23. The summed E-state index contributed by atoms with van der Waals surface area (Å²) in [6, 6.07) is 9.27. The highest BCUT2D eigenvalue weighted by Gasteiger charge is 2.23. The first-order valence-electron chi connectivity index (χ1n) is 12.0. The average molecular weight is 473 g/mol. The molecule has 1 saturated heterocycles. The van der Waals surface area contributed by atoms with E-state index >= 15 is 4.39 Å². The van der Waals surface area contributed by atoms with Crippen LogP contribution in [-0.2, 0) is 6.54 Å². The summed E-state index contributed by atoms with van der Waals surface area (Å²) < 4.78 is 31.8. The summed E-state index contributed by atoms with van der Waals surface area (Å²) in [4.78, 5) is 16.1. The van der Waals surface area contributed by atoms with E-state index in [1.165, 1.54) is 18.2 Å². The van der Waals surface area contributed by atoms with Crippen molar-refractivity contribution in [3.63, 3.8) is 0 Å². The Morgan fingerprint density at radius 1 is 1.03 bits per heavy atom. The quantitative estimate of drug-likeness (QED) is 0.359. The van der Waals surface area contributed by atoms with Gasteiger partial charge in [-0.2, -0.15) is 5.26 Å². The minimum atomic E-state index is -0.649. The van der Waals surface area contributed by atoms with Crippen LogP contribution in [0.2, 0.25) is 0 Å². The fourth-order valence-electron chi connectivity index (χ4n) is 4.77. The van der Waals surface area contributed by atoms with Gasteiger partial charge in [-0.05, 0) is 43.9 Å². The van der Waals surface area contributed by atoms with Crippen LogP contribution >= 0.6 is 0 Å². The normalized spacial score (nSPS) is 14.4. The number of aromatic nitrogens is 4. The van der Waals surface area contributed by atoms with Gasteiger partial charge in [0.25, 0.3) is 0 Å². The molecule has 5 rings (SSSR count). The molecule has 178 valence electrons. The molecular weight excluding hydrogens is 446 g/mol. The lowest BCUT2D eigenvalue weighted by Crippen LogP contribution is -2.34. The summed E-state index contributed by atoms with van der Waals surface area (Å²) in [6.07, 6.45) is 6.65. The minimum Gasteiger partial charge on any atom is -0.355 e. The van der Waals surface area contributed by atoms with E-state index in [1.807, 2.05) is 17.6 Å². The van der Waals surface area contributed by atoms with Crippen molar-refractivity contribution in [1.82, 2.24) is 19.5 Å². The molecular formula is C27H26F2N6. The molecule has 1 fully saturated rings. The maximum Gasteiger partial charge on any atom is 0.147 e. The van der Waals surface area contributed by atoms with E-state index in [0.717, 1.165) is 32.4 Å². The third-order valence-electron chi connectivity index (χ3n) is 6.94. The predicted molar refractivity (Wildman–Crippen MR) is 132 cm³/mol. The standard InChI is InChI=1S/C27H26F2N6/c1-3-17-7-9-35(10-8-17)25-15-31-27(26(33-25)18-5-6-19(14-30)21(28)11-18)20-12-23-24(13-22(20)29)34(4-2)16-32-23/h5-6,11-13,15-17H,3-4,7-10H2,1-2H3. The smallest absolute Gasteiger partial charge is 0.147 e. The van der Waals surface area contributed by atoms with Crippen molar-refractivity contribution in [2.24, 2.45) is 5.92 Å². The zero-order chi connectivity index (χ0) is 24.5. The molecule has 4 aromatic rings. The number of halogens is 2. The highest BCUT2D eigenvalue weighted by molar-refractivity contribution is 5.86. The first kappa shape index (κ1) is 22.9. The maximum absolute atomic E-state index is 15.4. The van der Waals surface area contributed by atoms with Crippen LogP contribution in [0, 0.1) is 28.9 Å². The number of anilines is 1. The monoisotopic (exact) mass is 472 g/mol. The molecule has 0 unspecified atom stereocenters. The van der Waals surface area contributed by atoms with Gasteiger partial charge in [-0.3, -0.25) is 0 Å². The molecule has 0 bridgehead atoms. The molecule has 35 heavy (non-hydrogen) atoms. The molecule has 0 saturated carbocycles. The van der Waals surface area contributed by atoms with E-state index in [9.17, 15) is 4.39 Å². The van der Waals surface area contributed by atoms with Gasteiger partial charge in [0.15, 0.2) is 0 Å². The van der Waals surface area contributed by atoms with Gasteiger partial charge in [0.1, 0.15) is 23.5 Å². The Morgan fingerprint density at radius 3 is 2.51 bits per heavy atom. The highest BCUT2D eigenvalue weighted by atomic mass is 19.1. The second-order valence-electron chi connectivity index (χ2n) is 8.92. The van der Waals surface area contributed by atoms with Crippen LogP contribution in [0.3, 0.4) is 0 Å². The summed E-state index contributed by atoms with van der Waals surface area (Å²) in [7, 11) is 0. The molecule has 1 aliphatic rings. The Bertz CT molecular complexity index is 1430. The van der Waals surface area contributed by atoms with Crippen LogP contribution in [0.1, 0.15) is 38.7 Å². The number of fused-ring (bicyclic) bond motifs is 1. The van der Waals surface area contributed by atoms with Gasteiger partial charge in [-0.15, -0.1) is 0 Å². The Labute approximate surface area is 202 Å². The molecule has 0 atom stereocenters. The van der Waals surface area contributed by atoms with E-state index in [4.69, 9.17) is 10.2 Å².